The average Bonchev–Trinajstić information content (AvgIpc) is 2.78. The molecule has 4 aromatic rings. The van der Waals surface area contributed by atoms with Crippen LogP contribution >= 0.6 is 0 Å². The van der Waals surface area contributed by atoms with Gasteiger partial charge in [-0.25, -0.2) is 0 Å². The van der Waals surface area contributed by atoms with Gasteiger partial charge in [-0.15, -0.1) is 0 Å². The van der Waals surface area contributed by atoms with Gasteiger partial charge in [-0.2, -0.15) is 0 Å². The number of carbonyl (C=O) groups is 1. The lowest BCUT2D eigenvalue weighted by Crippen LogP contribution is -2.30. The zero-order valence-electron chi connectivity index (χ0n) is 16.7. The van der Waals surface area contributed by atoms with Crippen molar-refractivity contribution in [1.82, 2.24) is 5.32 Å². The number of nitrogens with one attached hydrogen (secondary N) is 1. The molecule has 4 rings (SSSR count). The molecule has 0 saturated carbocycles. The summed E-state index contributed by atoms with van der Waals surface area (Å²) in [7, 11) is 1.61. The van der Waals surface area contributed by atoms with Gasteiger partial charge >= 0.3 is 0 Å². The standard InChI is InChI=1S/C26H23NO3/c1-30-21-12-7-8-18(16-21)17-24(29)27-26(20-10-3-2-4-11-20)25-22-13-6-5-9-19(22)14-15-23(25)28/h2-16,26,28H,17H2,1H3,(H,27,29). The molecule has 1 amide bonds. The predicted molar refractivity (Wildman–Crippen MR) is 119 cm³/mol. The molecule has 0 aliphatic rings. The normalized spacial score (nSPS) is 11.8. The second-order valence-corrected chi connectivity index (χ2v) is 7.16. The first-order valence-corrected chi connectivity index (χ1v) is 9.83. The number of amides is 1. The molecule has 1 atom stereocenters. The van der Waals surface area contributed by atoms with E-state index in [9.17, 15) is 9.90 Å². The molecule has 0 heterocycles. The highest BCUT2D eigenvalue weighted by Crippen LogP contribution is 2.35. The second kappa shape index (κ2) is 8.70. The molecule has 30 heavy (non-hydrogen) atoms. The highest BCUT2D eigenvalue weighted by atomic mass is 16.5. The number of methoxy groups -OCH3 is 1. The van der Waals surface area contributed by atoms with Gasteiger partial charge in [0.15, 0.2) is 0 Å². The number of phenols is 1. The molecule has 4 nitrogen and oxygen atoms in total. The monoisotopic (exact) mass is 397 g/mol. The average molecular weight is 397 g/mol. The van der Waals surface area contributed by atoms with E-state index < -0.39 is 6.04 Å². The minimum atomic E-state index is -0.476. The fraction of sp³-hybridized carbons (Fsp3) is 0.115. The van der Waals surface area contributed by atoms with Crippen LogP contribution < -0.4 is 10.1 Å². The third-order valence-electron chi connectivity index (χ3n) is 5.17. The third kappa shape index (κ3) is 4.13. The summed E-state index contributed by atoms with van der Waals surface area (Å²) < 4.78 is 5.26. The Morgan fingerprint density at radius 1 is 0.933 bits per heavy atom. The number of rotatable bonds is 6. The van der Waals surface area contributed by atoms with Crippen molar-refractivity contribution in [3.63, 3.8) is 0 Å². The van der Waals surface area contributed by atoms with Gasteiger partial charge in [0.05, 0.1) is 19.6 Å². The lowest BCUT2D eigenvalue weighted by atomic mass is 9.92. The fourth-order valence-electron chi connectivity index (χ4n) is 3.73. The van der Waals surface area contributed by atoms with Crippen LogP contribution in [0.3, 0.4) is 0 Å². The Hall–Kier alpha value is -3.79. The first kappa shape index (κ1) is 19.5. The van der Waals surface area contributed by atoms with Gasteiger partial charge in [0.25, 0.3) is 0 Å². The van der Waals surface area contributed by atoms with Crippen LogP contribution in [0.2, 0.25) is 0 Å². The molecule has 0 spiro atoms. The van der Waals surface area contributed by atoms with Crippen LogP contribution in [-0.4, -0.2) is 18.1 Å². The van der Waals surface area contributed by atoms with Crippen LogP contribution in [0, 0.1) is 0 Å². The van der Waals surface area contributed by atoms with E-state index >= 15 is 0 Å². The topological polar surface area (TPSA) is 58.6 Å². The zero-order chi connectivity index (χ0) is 20.9. The Morgan fingerprint density at radius 3 is 2.50 bits per heavy atom. The van der Waals surface area contributed by atoms with Gasteiger partial charge in [0.2, 0.25) is 5.91 Å². The summed E-state index contributed by atoms with van der Waals surface area (Å²) in [5, 5.41) is 15.8. The Labute approximate surface area is 175 Å². The Morgan fingerprint density at radius 2 is 1.70 bits per heavy atom. The van der Waals surface area contributed by atoms with Crippen LogP contribution in [0.1, 0.15) is 22.7 Å². The maximum absolute atomic E-state index is 13.0. The van der Waals surface area contributed by atoms with Crippen LogP contribution in [0.15, 0.2) is 91.0 Å². The van der Waals surface area contributed by atoms with Crippen LogP contribution in [-0.2, 0) is 11.2 Å². The smallest absolute Gasteiger partial charge is 0.225 e. The number of phenolic OH excluding ortho intramolecular Hbond substituents is 1. The maximum Gasteiger partial charge on any atom is 0.225 e. The molecule has 4 heteroatoms. The molecule has 0 fully saturated rings. The lowest BCUT2D eigenvalue weighted by molar-refractivity contribution is -0.120. The van der Waals surface area contributed by atoms with Crippen molar-refractivity contribution in [2.75, 3.05) is 7.11 Å². The summed E-state index contributed by atoms with van der Waals surface area (Å²) >= 11 is 0. The lowest BCUT2D eigenvalue weighted by Gasteiger charge is -2.23. The molecular formula is C26H23NO3. The minimum Gasteiger partial charge on any atom is -0.508 e. The van der Waals surface area contributed by atoms with Crippen molar-refractivity contribution in [3.05, 3.63) is 108 Å². The van der Waals surface area contributed by atoms with Crippen molar-refractivity contribution in [2.45, 2.75) is 12.5 Å². The largest absolute Gasteiger partial charge is 0.508 e. The van der Waals surface area contributed by atoms with Crippen molar-refractivity contribution in [1.29, 1.82) is 0 Å². The SMILES string of the molecule is COc1cccc(CC(=O)NC(c2ccccc2)c2c(O)ccc3ccccc23)c1. The van der Waals surface area contributed by atoms with Gasteiger partial charge in [0, 0.05) is 5.56 Å². The third-order valence-corrected chi connectivity index (χ3v) is 5.17. The van der Waals surface area contributed by atoms with Crippen molar-refractivity contribution < 1.29 is 14.6 Å². The summed E-state index contributed by atoms with van der Waals surface area (Å²) in [6, 6.07) is 28.1. The van der Waals surface area contributed by atoms with Crippen molar-refractivity contribution in [2.24, 2.45) is 0 Å². The van der Waals surface area contributed by atoms with Crippen molar-refractivity contribution in [3.8, 4) is 11.5 Å². The molecule has 0 aliphatic heterocycles. The molecule has 2 N–H and O–H groups in total. The molecule has 0 radical (unpaired) electrons. The Bertz CT molecular complexity index is 1170. The van der Waals surface area contributed by atoms with E-state index in [-0.39, 0.29) is 18.1 Å². The van der Waals surface area contributed by atoms with Gasteiger partial charge in [-0.1, -0.05) is 72.8 Å². The number of hydrogen-bond acceptors (Lipinski definition) is 3. The van der Waals surface area contributed by atoms with Gasteiger partial charge in [-0.05, 0) is 40.1 Å². The summed E-state index contributed by atoms with van der Waals surface area (Å²) in [5.74, 6) is 0.736. The number of aromatic hydroxyl groups is 1. The first-order chi connectivity index (χ1) is 14.7. The maximum atomic E-state index is 13.0. The number of fused-ring (bicyclic) bond motifs is 1. The zero-order valence-corrected chi connectivity index (χ0v) is 16.7. The quantitative estimate of drug-likeness (QED) is 0.481. The molecule has 4 aromatic carbocycles. The number of hydrogen-bond donors (Lipinski definition) is 2. The fourth-order valence-corrected chi connectivity index (χ4v) is 3.73. The number of carbonyl (C=O) groups excluding carboxylic acids is 1. The Balaban J connectivity index is 1.72. The van der Waals surface area contributed by atoms with Gasteiger partial charge in [-0.3, -0.25) is 4.79 Å². The van der Waals surface area contributed by atoms with E-state index in [1.54, 1.807) is 13.2 Å². The van der Waals surface area contributed by atoms with Crippen LogP contribution in [0.25, 0.3) is 10.8 Å². The summed E-state index contributed by atoms with van der Waals surface area (Å²) in [5.41, 5.74) is 2.46. The minimum absolute atomic E-state index is 0.135. The van der Waals surface area contributed by atoms with Crippen LogP contribution in [0.4, 0.5) is 0 Å². The second-order valence-electron chi connectivity index (χ2n) is 7.16. The van der Waals surface area contributed by atoms with E-state index in [1.165, 1.54) is 0 Å². The molecule has 0 aliphatic carbocycles. The van der Waals surface area contributed by atoms with E-state index in [1.807, 2.05) is 84.9 Å². The van der Waals surface area contributed by atoms with Gasteiger partial charge in [0.1, 0.15) is 11.5 Å². The summed E-state index contributed by atoms with van der Waals surface area (Å²) in [6.45, 7) is 0. The summed E-state index contributed by atoms with van der Waals surface area (Å²) in [4.78, 5) is 13.0. The molecule has 150 valence electrons. The van der Waals surface area contributed by atoms with E-state index in [2.05, 4.69) is 5.32 Å². The molecule has 1 unspecified atom stereocenters. The molecule has 0 aromatic heterocycles. The van der Waals surface area contributed by atoms with Gasteiger partial charge < -0.3 is 15.2 Å². The highest BCUT2D eigenvalue weighted by Gasteiger charge is 2.22. The van der Waals surface area contributed by atoms with E-state index in [4.69, 9.17) is 4.74 Å². The van der Waals surface area contributed by atoms with E-state index in [0.29, 0.717) is 11.3 Å². The summed E-state index contributed by atoms with van der Waals surface area (Å²) in [6.07, 6.45) is 0.214. The molecule has 0 bridgehead atoms. The van der Waals surface area contributed by atoms with Crippen molar-refractivity contribution >= 4 is 16.7 Å². The molecular weight excluding hydrogens is 374 g/mol. The highest BCUT2D eigenvalue weighted by molar-refractivity contribution is 5.89. The van der Waals surface area contributed by atoms with Crippen LogP contribution in [0.5, 0.6) is 11.5 Å². The number of ether oxygens (including phenoxy) is 1. The molecule has 0 saturated heterocycles. The predicted octanol–water partition coefficient (Wildman–Crippen LogP) is 5.00. The Kier molecular flexibility index (Phi) is 5.66. The number of benzene rings is 4. The first-order valence-electron chi connectivity index (χ1n) is 9.83. The van der Waals surface area contributed by atoms with E-state index in [0.717, 1.165) is 21.9 Å².